The molecule has 3 atom stereocenters. The number of aromatic nitrogens is 1. The fraction of sp³-hybridized carbons (Fsp3) is 0.400. The number of nitrogens with zero attached hydrogens (tertiary/aromatic N) is 2. The minimum atomic E-state index is -0.570. The summed E-state index contributed by atoms with van der Waals surface area (Å²) in [6, 6.07) is 13.2. The number of rotatable bonds is 6. The number of benzene rings is 2. The van der Waals surface area contributed by atoms with Gasteiger partial charge in [0.2, 0.25) is 0 Å². The summed E-state index contributed by atoms with van der Waals surface area (Å²) in [7, 11) is 0. The van der Waals surface area contributed by atoms with Crippen LogP contribution < -0.4 is 4.74 Å². The van der Waals surface area contributed by atoms with E-state index in [1.807, 2.05) is 36.4 Å². The number of esters is 1. The van der Waals surface area contributed by atoms with Gasteiger partial charge in [-0.3, -0.25) is 0 Å². The van der Waals surface area contributed by atoms with E-state index in [-0.39, 0.29) is 25.0 Å². The first-order valence-corrected chi connectivity index (χ1v) is 11.8. The largest absolute Gasteiger partial charge is 0.490 e. The van der Waals surface area contributed by atoms with Crippen molar-refractivity contribution < 1.29 is 28.3 Å². The standard InChI is InChI=1S/C25H25ClN2O6/c1-2-31-24(29)22-11-18(34-27-22)14-32-25(30)28-12-15-9-17(10-16(15)13-28)33-23-8-7-21(26)19-5-3-4-6-20(19)23/h3-8,11,15-17H,2,9-10,12-14H2,1H3/t15-,16+,17?. The van der Waals surface area contributed by atoms with Gasteiger partial charge in [0.1, 0.15) is 5.75 Å². The lowest BCUT2D eigenvalue weighted by Gasteiger charge is -2.20. The summed E-state index contributed by atoms with van der Waals surface area (Å²) in [5.41, 5.74) is 0.0584. The van der Waals surface area contributed by atoms with Crippen LogP contribution in [0.3, 0.4) is 0 Å². The molecule has 1 saturated carbocycles. The molecule has 5 rings (SSSR count). The van der Waals surface area contributed by atoms with E-state index in [0.29, 0.717) is 35.7 Å². The Bertz CT molecular complexity index is 1200. The van der Waals surface area contributed by atoms with E-state index in [9.17, 15) is 9.59 Å². The van der Waals surface area contributed by atoms with E-state index < -0.39 is 12.1 Å². The highest BCUT2D eigenvalue weighted by molar-refractivity contribution is 6.35. The van der Waals surface area contributed by atoms with Crippen molar-refractivity contribution in [3.63, 3.8) is 0 Å². The first kappa shape index (κ1) is 22.5. The normalized spacial score (nSPS) is 21.5. The maximum absolute atomic E-state index is 12.6. The number of likely N-dealkylation sites (tertiary alicyclic amines) is 1. The molecule has 1 aliphatic heterocycles. The summed E-state index contributed by atoms with van der Waals surface area (Å²) >= 11 is 6.33. The number of fused-ring (bicyclic) bond motifs is 2. The third-order valence-electron chi connectivity index (χ3n) is 6.47. The quantitative estimate of drug-likeness (QED) is 0.450. The van der Waals surface area contributed by atoms with E-state index in [4.69, 9.17) is 30.3 Å². The number of amides is 1. The van der Waals surface area contributed by atoms with Crippen molar-refractivity contribution in [1.29, 1.82) is 0 Å². The summed E-state index contributed by atoms with van der Waals surface area (Å²) in [6.45, 7) is 3.13. The molecule has 1 saturated heterocycles. The second kappa shape index (κ2) is 9.54. The van der Waals surface area contributed by atoms with Crippen LogP contribution in [0.15, 0.2) is 47.0 Å². The van der Waals surface area contributed by atoms with Crippen LogP contribution in [0.1, 0.15) is 36.0 Å². The smallest absolute Gasteiger partial charge is 0.410 e. The molecule has 0 spiro atoms. The molecule has 8 nitrogen and oxygen atoms in total. The van der Waals surface area contributed by atoms with E-state index in [0.717, 1.165) is 29.4 Å². The highest BCUT2D eigenvalue weighted by Gasteiger charge is 2.44. The highest BCUT2D eigenvalue weighted by atomic mass is 35.5. The van der Waals surface area contributed by atoms with Crippen molar-refractivity contribution in [1.82, 2.24) is 10.1 Å². The van der Waals surface area contributed by atoms with Gasteiger partial charge in [0, 0.05) is 35.0 Å². The Morgan fingerprint density at radius 1 is 1.09 bits per heavy atom. The van der Waals surface area contributed by atoms with Gasteiger partial charge in [-0.1, -0.05) is 41.0 Å². The zero-order valence-corrected chi connectivity index (χ0v) is 19.5. The molecular weight excluding hydrogens is 460 g/mol. The molecule has 2 aromatic carbocycles. The fourth-order valence-electron chi connectivity index (χ4n) is 4.91. The van der Waals surface area contributed by atoms with Gasteiger partial charge in [-0.25, -0.2) is 9.59 Å². The minimum Gasteiger partial charge on any atom is -0.490 e. The molecule has 0 radical (unpaired) electrons. The molecule has 2 aliphatic rings. The molecule has 178 valence electrons. The van der Waals surface area contributed by atoms with Crippen LogP contribution in [-0.2, 0) is 16.1 Å². The minimum absolute atomic E-state index is 0.0584. The third kappa shape index (κ3) is 4.55. The van der Waals surface area contributed by atoms with Crippen molar-refractivity contribution in [3.8, 4) is 5.75 Å². The predicted molar refractivity (Wildman–Crippen MR) is 124 cm³/mol. The van der Waals surface area contributed by atoms with Gasteiger partial charge in [-0.05, 0) is 43.7 Å². The van der Waals surface area contributed by atoms with Gasteiger partial charge in [-0.15, -0.1) is 0 Å². The summed E-state index contributed by atoms with van der Waals surface area (Å²) in [6.07, 6.45) is 1.48. The third-order valence-corrected chi connectivity index (χ3v) is 6.80. The molecule has 9 heteroatoms. The van der Waals surface area contributed by atoms with Gasteiger partial charge >= 0.3 is 12.1 Å². The second-order valence-corrected chi connectivity index (χ2v) is 9.09. The van der Waals surface area contributed by atoms with Gasteiger partial charge < -0.3 is 23.6 Å². The van der Waals surface area contributed by atoms with Gasteiger partial charge in [0.15, 0.2) is 18.1 Å². The second-order valence-electron chi connectivity index (χ2n) is 8.68. The Morgan fingerprint density at radius 3 is 2.56 bits per heavy atom. The zero-order chi connectivity index (χ0) is 23.7. The zero-order valence-electron chi connectivity index (χ0n) is 18.7. The van der Waals surface area contributed by atoms with Crippen molar-refractivity contribution in [2.45, 2.75) is 32.5 Å². The molecule has 0 N–H and O–H groups in total. The molecule has 1 unspecified atom stereocenters. The van der Waals surface area contributed by atoms with Crippen molar-refractivity contribution in [3.05, 3.63) is 58.9 Å². The highest BCUT2D eigenvalue weighted by Crippen LogP contribution is 2.41. The fourth-order valence-corrected chi connectivity index (χ4v) is 5.14. The van der Waals surface area contributed by atoms with Crippen LogP contribution >= 0.6 is 11.6 Å². The van der Waals surface area contributed by atoms with E-state index in [1.54, 1.807) is 11.8 Å². The summed E-state index contributed by atoms with van der Waals surface area (Å²) in [4.78, 5) is 25.9. The van der Waals surface area contributed by atoms with E-state index >= 15 is 0 Å². The van der Waals surface area contributed by atoms with Crippen LogP contribution in [0.2, 0.25) is 5.02 Å². The van der Waals surface area contributed by atoms with Crippen molar-refractivity contribution in [2.24, 2.45) is 11.8 Å². The molecule has 1 aliphatic carbocycles. The Morgan fingerprint density at radius 2 is 1.82 bits per heavy atom. The molecule has 34 heavy (non-hydrogen) atoms. The van der Waals surface area contributed by atoms with Crippen molar-refractivity contribution in [2.75, 3.05) is 19.7 Å². The lowest BCUT2D eigenvalue weighted by Crippen LogP contribution is -2.31. The Balaban J connectivity index is 1.13. The number of hydrogen-bond donors (Lipinski definition) is 0. The van der Waals surface area contributed by atoms with E-state index in [2.05, 4.69) is 5.16 Å². The van der Waals surface area contributed by atoms with Crippen LogP contribution in [0.4, 0.5) is 4.79 Å². The summed E-state index contributed by atoms with van der Waals surface area (Å²) < 4.78 is 21.7. The molecule has 1 amide bonds. The van der Waals surface area contributed by atoms with E-state index in [1.165, 1.54) is 6.07 Å². The Hall–Kier alpha value is -3.26. The number of carbonyl (C=O) groups excluding carboxylic acids is 2. The summed E-state index contributed by atoms with van der Waals surface area (Å²) in [5, 5.41) is 6.35. The first-order chi connectivity index (χ1) is 16.5. The topological polar surface area (TPSA) is 91.1 Å². The number of halogens is 1. The Labute approximate surface area is 201 Å². The monoisotopic (exact) mass is 484 g/mol. The predicted octanol–water partition coefficient (Wildman–Crippen LogP) is 5.08. The SMILES string of the molecule is CCOC(=O)c1cc(COC(=O)N2C[C@H]3CC(Oc4ccc(Cl)c5ccccc45)C[C@H]3C2)on1. The molecule has 1 aromatic heterocycles. The lowest BCUT2D eigenvalue weighted by molar-refractivity contribution is 0.0513. The average molecular weight is 485 g/mol. The van der Waals surface area contributed by atoms with Gasteiger partial charge in [0.25, 0.3) is 0 Å². The molecule has 3 aromatic rings. The molecule has 2 fully saturated rings. The van der Waals surface area contributed by atoms with Gasteiger partial charge in [0.05, 0.1) is 12.7 Å². The number of ether oxygens (including phenoxy) is 3. The van der Waals surface area contributed by atoms with Crippen molar-refractivity contribution >= 4 is 34.4 Å². The van der Waals surface area contributed by atoms with Gasteiger partial charge in [-0.2, -0.15) is 0 Å². The molecule has 2 heterocycles. The molecular formula is C25H25ClN2O6. The Kier molecular flexibility index (Phi) is 6.32. The van der Waals surface area contributed by atoms with Crippen LogP contribution in [0.25, 0.3) is 10.8 Å². The maximum atomic E-state index is 12.6. The van der Waals surface area contributed by atoms with Crippen LogP contribution in [-0.4, -0.2) is 47.9 Å². The number of hydrogen-bond acceptors (Lipinski definition) is 7. The average Bonchev–Trinajstić information content (AvgIpc) is 3.55. The summed E-state index contributed by atoms with van der Waals surface area (Å²) in [5.74, 6) is 1.31. The first-order valence-electron chi connectivity index (χ1n) is 11.4. The molecule has 0 bridgehead atoms. The maximum Gasteiger partial charge on any atom is 0.410 e. The number of carbonyl (C=O) groups is 2. The lowest BCUT2D eigenvalue weighted by atomic mass is 10.0. The van der Waals surface area contributed by atoms with Crippen LogP contribution in [0.5, 0.6) is 5.75 Å². The van der Waals surface area contributed by atoms with Crippen LogP contribution in [0, 0.1) is 11.8 Å².